The van der Waals surface area contributed by atoms with Crippen LogP contribution in [0.5, 0.6) is 0 Å². The molecule has 1 aliphatic heterocycles. The highest BCUT2D eigenvalue weighted by Gasteiger charge is 2.19. The molecule has 0 aromatic heterocycles. The van der Waals surface area contributed by atoms with E-state index in [1.807, 2.05) is 30.3 Å². The van der Waals surface area contributed by atoms with Gasteiger partial charge in [0.1, 0.15) is 0 Å². The minimum atomic E-state index is -0.241. The van der Waals surface area contributed by atoms with E-state index >= 15 is 0 Å². The molecule has 6 nitrogen and oxygen atoms in total. The van der Waals surface area contributed by atoms with Gasteiger partial charge in [0, 0.05) is 37.6 Å². The van der Waals surface area contributed by atoms with Crippen LogP contribution in [0.15, 0.2) is 48.5 Å². The summed E-state index contributed by atoms with van der Waals surface area (Å²) >= 11 is 0. The second-order valence-corrected chi connectivity index (χ2v) is 8.01. The van der Waals surface area contributed by atoms with Gasteiger partial charge in [-0.2, -0.15) is 0 Å². The van der Waals surface area contributed by atoms with Crippen LogP contribution in [0.1, 0.15) is 54.9 Å². The minimum absolute atomic E-state index is 0.105. The molecule has 0 aliphatic carbocycles. The lowest BCUT2D eigenvalue weighted by Gasteiger charge is -2.30. The summed E-state index contributed by atoms with van der Waals surface area (Å²) in [6, 6.07) is 15.5. The van der Waals surface area contributed by atoms with E-state index in [-0.39, 0.29) is 11.9 Å². The maximum absolute atomic E-state index is 13.1. The third-order valence-electron chi connectivity index (χ3n) is 5.55. The van der Waals surface area contributed by atoms with Crippen LogP contribution >= 0.6 is 0 Å². The molecule has 0 bridgehead atoms. The summed E-state index contributed by atoms with van der Waals surface area (Å²) < 4.78 is 0. The van der Waals surface area contributed by atoms with E-state index in [4.69, 9.17) is 0 Å². The molecule has 0 spiro atoms. The summed E-state index contributed by atoms with van der Waals surface area (Å²) in [6.45, 7) is 5.20. The van der Waals surface area contributed by atoms with Gasteiger partial charge in [-0.05, 0) is 55.9 Å². The first-order chi connectivity index (χ1) is 15.2. The van der Waals surface area contributed by atoms with E-state index in [1.165, 1.54) is 12.0 Å². The Hall–Kier alpha value is -3.02. The zero-order valence-corrected chi connectivity index (χ0v) is 18.5. The fraction of sp³-hybridized carbons (Fsp3) is 0.440. The Kier molecular flexibility index (Phi) is 8.76. The molecular formula is C25H34N4O2. The number of rotatable bonds is 9. The lowest BCUT2D eigenvalue weighted by Crippen LogP contribution is -2.33. The van der Waals surface area contributed by atoms with Crippen molar-refractivity contribution in [3.8, 4) is 0 Å². The fourth-order valence-corrected chi connectivity index (χ4v) is 3.82. The summed E-state index contributed by atoms with van der Waals surface area (Å²) in [4.78, 5) is 27.5. The van der Waals surface area contributed by atoms with Crippen molar-refractivity contribution in [1.82, 2.24) is 10.6 Å². The van der Waals surface area contributed by atoms with Crippen LogP contribution in [-0.4, -0.2) is 38.1 Å². The van der Waals surface area contributed by atoms with Crippen molar-refractivity contribution < 1.29 is 9.59 Å². The maximum atomic E-state index is 13.1. The number of anilines is 2. The molecule has 2 aromatic carbocycles. The number of unbranched alkanes of at least 4 members (excludes halogenated alkanes) is 1. The Morgan fingerprint density at radius 2 is 1.71 bits per heavy atom. The monoisotopic (exact) mass is 422 g/mol. The summed E-state index contributed by atoms with van der Waals surface area (Å²) in [5, 5.41) is 8.77. The number of benzene rings is 2. The molecule has 2 aromatic rings. The van der Waals surface area contributed by atoms with Gasteiger partial charge in [-0.15, -0.1) is 0 Å². The predicted octanol–water partition coefficient (Wildman–Crippen LogP) is 4.57. The van der Waals surface area contributed by atoms with Gasteiger partial charge in [-0.3, -0.25) is 4.79 Å². The highest BCUT2D eigenvalue weighted by atomic mass is 16.2. The van der Waals surface area contributed by atoms with Gasteiger partial charge >= 0.3 is 6.03 Å². The van der Waals surface area contributed by atoms with Crippen molar-refractivity contribution in [3.63, 3.8) is 0 Å². The van der Waals surface area contributed by atoms with Crippen LogP contribution in [0.4, 0.5) is 16.2 Å². The first-order valence-electron chi connectivity index (χ1n) is 11.4. The van der Waals surface area contributed by atoms with Crippen molar-refractivity contribution in [2.24, 2.45) is 0 Å². The van der Waals surface area contributed by atoms with Gasteiger partial charge in [0.05, 0.1) is 5.56 Å². The molecule has 3 amide bonds. The van der Waals surface area contributed by atoms with Gasteiger partial charge < -0.3 is 20.9 Å². The Morgan fingerprint density at radius 3 is 2.45 bits per heavy atom. The SMILES string of the molecule is CCCCNC(=O)Nc1ccc(N2CCCCC2)c(C(=O)NCCc2ccccc2)c1. The van der Waals surface area contributed by atoms with Gasteiger partial charge in [0.25, 0.3) is 5.91 Å². The zero-order chi connectivity index (χ0) is 21.9. The van der Waals surface area contributed by atoms with Crippen LogP contribution < -0.4 is 20.9 Å². The molecule has 1 saturated heterocycles. The lowest BCUT2D eigenvalue weighted by atomic mass is 10.1. The second-order valence-electron chi connectivity index (χ2n) is 8.01. The smallest absolute Gasteiger partial charge is 0.319 e. The number of carbonyl (C=O) groups excluding carboxylic acids is 2. The largest absolute Gasteiger partial charge is 0.371 e. The van der Waals surface area contributed by atoms with Crippen LogP contribution in [0.25, 0.3) is 0 Å². The van der Waals surface area contributed by atoms with Crippen molar-refractivity contribution in [2.75, 3.05) is 36.4 Å². The molecule has 0 atom stereocenters. The average Bonchev–Trinajstić information content (AvgIpc) is 2.80. The van der Waals surface area contributed by atoms with Gasteiger partial charge in [-0.25, -0.2) is 4.79 Å². The lowest BCUT2D eigenvalue weighted by molar-refractivity contribution is 0.0954. The molecular weight excluding hydrogens is 388 g/mol. The predicted molar refractivity (Wildman–Crippen MR) is 127 cm³/mol. The van der Waals surface area contributed by atoms with E-state index in [0.29, 0.717) is 24.3 Å². The first-order valence-corrected chi connectivity index (χ1v) is 11.4. The zero-order valence-electron chi connectivity index (χ0n) is 18.5. The van der Waals surface area contributed by atoms with Crippen LogP contribution in [-0.2, 0) is 6.42 Å². The minimum Gasteiger partial charge on any atom is -0.371 e. The van der Waals surface area contributed by atoms with E-state index in [2.05, 4.69) is 39.9 Å². The second kappa shape index (κ2) is 12.0. The molecule has 0 radical (unpaired) electrons. The van der Waals surface area contributed by atoms with Crippen LogP contribution in [0, 0.1) is 0 Å². The van der Waals surface area contributed by atoms with Crippen molar-refractivity contribution >= 4 is 23.3 Å². The Labute approximate surface area is 185 Å². The number of amides is 3. The van der Waals surface area contributed by atoms with E-state index in [9.17, 15) is 9.59 Å². The fourth-order valence-electron chi connectivity index (χ4n) is 3.82. The number of nitrogens with zero attached hydrogens (tertiary/aromatic N) is 1. The molecule has 0 saturated carbocycles. The molecule has 31 heavy (non-hydrogen) atoms. The third-order valence-corrected chi connectivity index (χ3v) is 5.55. The number of hydrogen-bond acceptors (Lipinski definition) is 3. The number of piperidine rings is 1. The quantitative estimate of drug-likeness (QED) is 0.518. The van der Waals surface area contributed by atoms with Gasteiger partial charge in [-0.1, -0.05) is 43.7 Å². The summed E-state index contributed by atoms with van der Waals surface area (Å²) in [5.41, 5.74) is 3.37. The van der Waals surface area contributed by atoms with Gasteiger partial charge in [0.15, 0.2) is 0 Å². The molecule has 1 fully saturated rings. The third kappa shape index (κ3) is 7.02. The number of urea groups is 1. The first kappa shape index (κ1) is 22.7. The summed E-state index contributed by atoms with van der Waals surface area (Å²) in [5.74, 6) is -0.105. The van der Waals surface area contributed by atoms with Crippen LogP contribution in [0.3, 0.4) is 0 Å². The molecule has 6 heteroatoms. The maximum Gasteiger partial charge on any atom is 0.319 e. The molecule has 1 aliphatic rings. The average molecular weight is 423 g/mol. The summed E-state index contributed by atoms with van der Waals surface area (Å²) in [6.07, 6.45) is 6.24. The number of nitrogens with one attached hydrogen (secondary N) is 3. The normalized spacial score (nSPS) is 13.5. The number of hydrogen-bond donors (Lipinski definition) is 3. The topological polar surface area (TPSA) is 73.5 Å². The van der Waals surface area contributed by atoms with Crippen molar-refractivity contribution in [1.29, 1.82) is 0 Å². The highest BCUT2D eigenvalue weighted by molar-refractivity contribution is 6.02. The number of carbonyl (C=O) groups is 2. The Bertz CT molecular complexity index is 848. The molecule has 3 N–H and O–H groups in total. The molecule has 3 rings (SSSR count). The van der Waals surface area contributed by atoms with E-state index < -0.39 is 0 Å². The van der Waals surface area contributed by atoms with Crippen LogP contribution in [0.2, 0.25) is 0 Å². The molecule has 0 unspecified atom stereocenters. The Balaban J connectivity index is 1.70. The van der Waals surface area contributed by atoms with Crippen molar-refractivity contribution in [2.45, 2.75) is 45.4 Å². The van der Waals surface area contributed by atoms with E-state index in [0.717, 1.165) is 50.9 Å². The Morgan fingerprint density at radius 1 is 0.935 bits per heavy atom. The highest BCUT2D eigenvalue weighted by Crippen LogP contribution is 2.27. The summed E-state index contributed by atoms with van der Waals surface area (Å²) in [7, 11) is 0. The standard InChI is InChI=1S/C25H34N4O2/c1-2-3-15-27-25(31)28-21-12-13-23(29-17-8-5-9-18-29)22(19-21)24(30)26-16-14-20-10-6-4-7-11-20/h4,6-7,10-13,19H,2-3,5,8-9,14-18H2,1H3,(H,26,30)(H2,27,28,31). The van der Waals surface area contributed by atoms with Gasteiger partial charge in [0.2, 0.25) is 0 Å². The van der Waals surface area contributed by atoms with E-state index in [1.54, 1.807) is 6.07 Å². The van der Waals surface area contributed by atoms with Crippen molar-refractivity contribution in [3.05, 3.63) is 59.7 Å². The molecule has 1 heterocycles. The molecule has 166 valence electrons.